The van der Waals surface area contributed by atoms with Gasteiger partial charge in [-0.2, -0.15) is 0 Å². The molecule has 9 nitrogen and oxygen atoms in total. The molecule has 4 aromatic rings. The second-order valence-electron chi connectivity index (χ2n) is 9.64. The summed E-state index contributed by atoms with van der Waals surface area (Å²) in [6, 6.07) is 12.4. The number of nitrogens with one attached hydrogen (secondary N) is 3. The Morgan fingerprint density at radius 2 is 1.82 bits per heavy atom. The molecule has 1 aliphatic rings. The lowest BCUT2D eigenvalue weighted by Gasteiger charge is -2.38. The van der Waals surface area contributed by atoms with Crippen LogP contribution in [0.15, 0.2) is 54.9 Å². The third-order valence-electron chi connectivity index (χ3n) is 6.93. The van der Waals surface area contributed by atoms with Gasteiger partial charge in [-0.25, -0.2) is 4.39 Å². The molecule has 0 unspecified atom stereocenters. The van der Waals surface area contributed by atoms with E-state index < -0.39 is 11.7 Å². The van der Waals surface area contributed by atoms with E-state index in [-0.39, 0.29) is 11.3 Å². The van der Waals surface area contributed by atoms with E-state index in [4.69, 9.17) is 10.5 Å². The molecule has 5 rings (SSSR count). The smallest absolute Gasteiger partial charge is 0.250 e. The van der Waals surface area contributed by atoms with Gasteiger partial charge in [-0.3, -0.25) is 14.7 Å². The van der Waals surface area contributed by atoms with Crippen molar-refractivity contribution in [3.8, 4) is 5.75 Å². The van der Waals surface area contributed by atoms with Gasteiger partial charge in [0.25, 0.3) is 5.91 Å². The number of H-pyrrole nitrogens is 1. The molecule has 5 N–H and O–H groups in total. The summed E-state index contributed by atoms with van der Waals surface area (Å²) in [5.41, 5.74) is 9.23. The number of primary amides is 1. The first-order valence-electron chi connectivity index (χ1n) is 12.6. The first-order valence-corrected chi connectivity index (χ1v) is 12.6. The molecule has 1 aliphatic heterocycles. The zero-order chi connectivity index (χ0) is 26.8. The van der Waals surface area contributed by atoms with E-state index in [1.165, 1.54) is 18.2 Å². The normalized spacial score (nSPS) is 14.2. The highest BCUT2D eigenvalue weighted by molar-refractivity contribution is 6.02. The van der Waals surface area contributed by atoms with E-state index in [2.05, 4.69) is 56.4 Å². The highest BCUT2D eigenvalue weighted by Gasteiger charge is 2.20. The van der Waals surface area contributed by atoms with Gasteiger partial charge < -0.3 is 31.0 Å². The molecule has 10 heteroatoms. The lowest BCUT2D eigenvalue weighted by molar-refractivity contribution is 0.100. The number of aromatic amines is 1. The summed E-state index contributed by atoms with van der Waals surface area (Å²) in [6.45, 7) is 8.49. The fourth-order valence-corrected chi connectivity index (χ4v) is 4.82. The fraction of sp³-hybridized carbons (Fsp3) is 0.286. The summed E-state index contributed by atoms with van der Waals surface area (Å²) in [5.74, 6) is 0.324. The minimum Gasteiger partial charge on any atom is -0.494 e. The molecule has 0 saturated carbocycles. The Hall–Kier alpha value is -4.31. The van der Waals surface area contributed by atoms with Crippen LogP contribution >= 0.6 is 0 Å². The number of carbonyl (C=O) groups is 1. The quantitative estimate of drug-likeness (QED) is 0.265. The van der Waals surface area contributed by atoms with E-state index in [1.807, 2.05) is 12.1 Å². The van der Waals surface area contributed by atoms with Crippen molar-refractivity contribution in [2.75, 3.05) is 48.8 Å². The number of piperazine rings is 1. The van der Waals surface area contributed by atoms with Crippen molar-refractivity contribution in [3.63, 3.8) is 0 Å². The van der Waals surface area contributed by atoms with Gasteiger partial charge >= 0.3 is 0 Å². The Bertz CT molecular complexity index is 1460. The molecular weight excluding hydrogens is 485 g/mol. The Labute approximate surface area is 220 Å². The summed E-state index contributed by atoms with van der Waals surface area (Å²) in [6.07, 6.45) is 3.31. The van der Waals surface area contributed by atoms with Crippen molar-refractivity contribution in [2.24, 2.45) is 5.73 Å². The first kappa shape index (κ1) is 25.3. The third-order valence-corrected chi connectivity index (χ3v) is 6.93. The fourth-order valence-electron chi connectivity index (χ4n) is 4.82. The Balaban J connectivity index is 1.38. The van der Waals surface area contributed by atoms with Crippen molar-refractivity contribution in [1.82, 2.24) is 14.9 Å². The molecule has 0 radical (unpaired) electrons. The Morgan fingerprint density at radius 1 is 1.03 bits per heavy atom. The molecule has 0 atom stereocenters. The predicted molar refractivity (Wildman–Crippen MR) is 149 cm³/mol. The summed E-state index contributed by atoms with van der Waals surface area (Å²) >= 11 is 0. The summed E-state index contributed by atoms with van der Waals surface area (Å²) < 4.78 is 19.6. The number of amides is 1. The van der Waals surface area contributed by atoms with Gasteiger partial charge in [0.1, 0.15) is 17.4 Å². The van der Waals surface area contributed by atoms with Crippen LogP contribution in [0.5, 0.6) is 5.75 Å². The molecular formula is C28H32FN7O2. The monoisotopic (exact) mass is 517 g/mol. The molecule has 1 amide bonds. The Morgan fingerprint density at radius 3 is 2.53 bits per heavy atom. The number of ether oxygens (including phenoxy) is 1. The molecule has 0 spiro atoms. The molecule has 38 heavy (non-hydrogen) atoms. The van der Waals surface area contributed by atoms with Gasteiger partial charge in [0.15, 0.2) is 0 Å². The van der Waals surface area contributed by atoms with Crippen molar-refractivity contribution >= 4 is 45.4 Å². The van der Waals surface area contributed by atoms with Crippen molar-refractivity contribution < 1.29 is 13.9 Å². The van der Waals surface area contributed by atoms with Crippen LogP contribution in [-0.2, 0) is 0 Å². The van der Waals surface area contributed by atoms with Gasteiger partial charge in [-0.1, -0.05) is 0 Å². The van der Waals surface area contributed by atoms with Crippen LogP contribution in [0.1, 0.15) is 24.2 Å². The number of pyridine rings is 1. The van der Waals surface area contributed by atoms with E-state index in [0.717, 1.165) is 60.0 Å². The maximum atomic E-state index is 13.9. The number of fused-ring (bicyclic) bond motifs is 1. The third kappa shape index (κ3) is 5.21. The van der Waals surface area contributed by atoms with Gasteiger partial charge in [-0.05, 0) is 50.2 Å². The van der Waals surface area contributed by atoms with Crippen LogP contribution in [0.25, 0.3) is 10.9 Å². The van der Waals surface area contributed by atoms with Crippen molar-refractivity contribution in [3.05, 3.63) is 66.2 Å². The van der Waals surface area contributed by atoms with E-state index in [1.54, 1.807) is 19.5 Å². The number of rotatable bonds is 8. The van der Waals surface area contributed by atoms with Crippen LogP contribution in [-0.4, -0.2) is 60.1 Å². The zero-order valence-corrected chi connectivity index (χ0v) is 21.7. The van der Waals surface area contributed by atoms with Crippen molar-refractivity contribution in [1.29, 1.82) is 0 Å². The minimum absolute atomic E-state index is 0.188. The van der Waals surface area contributed by atoms with Gasteiger partial charge in [0.05, 0.1) is 47.6 Å². The lowest BCUT2D eigenvalue weighted by atomic mass is 10.1. The van der Waals surface area contributed by atoms with Gasteiger partial charge in [0, 0.05) is 49.4 Å². The summed E-state index contributed by atoms with van der Waals surface area (Å²) in [4.78, 5) is 24.3. The number of nitrogens with two attached hydrogens (primary N) is 1. The van der Waals surface area contributed by atoms with Gasteiger partial charge in [0.2, 0.25) is 0 Å². The number of carbonyl (C=O) groups excluding carboxylic acids is 1. The largest absolute Gasteiger partial charge is 0.494 e. The van der Waals surface area contributed by atoms with E-state index in [0.29, 0.717) is 11.7 Å². The molecule has 198 valence electrons. The summed E-state index contributed by atoms with van der Waals surface area (Å²) in [5, 5.41) is 7.31. The van der Waals surface area contributed by atoms with Crippen molar-refractivity contribution in [2.45, 2.75) is 19.9 Å². The molecule has 0 bridgehead atoms. The number of nitrogens with zero attached hydrogens (tertiary/aromatic N) is 3. The lowest BCUT2D eigenvalue weighted by Crippen LogP contribution is -2.48. The topological polar surface area (TPSA) is 112 Å². The highest BCUT2D eigenvalue weighted by atomic mass is 19.1. The number of benzene rings is 2. The van der Waals surface area contributed by atoms with Crippen LogP contribution in [0.4, 0.5) is 33.0 Å². The molecule has 1 saturated heterocycles. The second kappa shape index (κ2) is 10.6. The standard InChI is InChI=1S/C28H32FN7O2/c1-17(2)35-8-10-36(11-9-35)19-5-7-22(26(13-19)38-3)33-27-14-21-24(15-31-16-25(21)34-27)32-23-12-18(29)4-6-20(23)28(30)37/h4-7,12-17,32-34H,8-11H2,1-3H3,(H2,30,37). The first-order chi connectivity index (χ1) is 18.3. The van der Waals surface area contributed by atoms with E-state index >= 15 is 0 Å². The SMILES string of the molecule is COc1cc(N2CCN(C(C)C)CC2)ccc1Nc1cc2c(Nc3cc(F)ccc3C(N)=O)cncc2[nH]1. The van der Waals surface area contributed by atoms with Gasteiger partial charge in [-0.15, -0.1) is 0 Å². The zero-order valence-electron chi connectivity index (χ0n) is 21.7. The minimum atomic E-state index is -0.651. The number of hydrogen-bond acceptors (Lipinski definition) is 7. The van der Waals surface area contributed by atoms with E-state index in [9.17, 15) is 9.18 Å². The maximum absolute atomic E-state index is 13.9. The summed E-state index contributed by atoms with van der Waals surface area (Å²) in [7, 11) is 1.66. The van der Waals surface area contributed by atoms with Crippen LogP contribution in [0.3, 0.4) is 0 Å². The highest BCUT2D eigenvalue weighted by Crippen LogP contribution is 2.35. The number of anilines is 5. The molecule has 1 fully saturated rings. The number of methoxy groups -OCH3 is 1. The average molecular weight is 518 g/mol. The number of halogens is 1. The Kier molecular flexibility index (Phi) is 7.06. The molecule has 2 aromatic carbocycles. The van der Waals surface area contributed by atoms with Crippen LogP contribution in [0, 0.1) is 5.82 Å². The molecule has 0 aliphatic carbocycles. The van der Waals surface area contributed by atoms with Crippen LogP contribution < -0.4 is 26.0 Å². The van der Waals surface area contributed by atoms with Crippen LogP contribution in [0.2, 0.25) is 0 Å². The molecule has 3 heterocycles. The predicted octanol–water partition coefficient (Wildman–Crippen LogP) is 4.83. The molecule has 2 aromatic heterocycles. The average Bonchev–Trinajstić information content (AvgIpc) is 3.32. The number of aromatic nitrogens is 2. The maximum Gasteiger partial charge on any atom is 0.250 e. The second-order valence-corrected chi connectivity index (χ2v) is 9.64. The number of hydrogen-bond donors (Lipinski definition) is 4.